The normalized spacial score (nSPS) is 16.5. The van der Waals surface area contributed by atoms with Crippen molar-refractivity contribution in [2.24, 2.45) is 0 Å². The summed E-state index contributed by atoms with van der Waals surface area (Å²) >= 11 is 0. The number of nitrogens with zero attached hydrogens (tertiary/aromatic N) is 4. The van der Waals surface area contributed by atoms with Crippen molar-refractivity contribution in [2.75, 3.05) is 64.4 Å². The molecule has 2 aliphatic heterocycles. The second-order valence-electron chi connectivity index (χ2n) is 9.32. The van der Waals surface area contributed by atoms with E-state index in [4.69, 9.17) is 9.47 Å². The van der Waals surface area contributed by atoms with Crippen LogP contribution in [0.2, 0.25) is 0 Å². The van der Waals surface area contributed by atoms with Gasteiger partial charge in [0.15, 0.2) is 18.1 Å². The van der Waals surface area contributed by atoms with Crippen molar-refractivity contribution in [3.05, 3.63) is 47.7 Å². The number of pyridine rings is 1. The number of aromatic nitrogens is 1. The molecule has 2 saturated heterocycles. The summed E-state index contributed by atoms with van der Waals surface area (Å²) in [5.41, 5.74) is 1.40. The Bertz CT molecular complexity index is 1020. The molecule has 0 radical (unpaired) electrons. The number of rotatable bonds is 9. The minimum Gasteiger partial charge on any atom is -0.490 e. The SMILES string of the molecule is CCOc1cc(C(=O)NCc2ccc(N3CCN(C)CC3)nc2)ccc1OCC(=O)N1CCCCC1. The Labute approximate surface area is 213 Å². The number of carbonyl (C=O) groups is 2. The molecule has 1 aromatic heterocycles. The molecule has 2 amide bonds. The number of hydrogen-bond donors (Lipinski definition) is 1. The molecule has 0 atom stereocenters. The average Bonchev–Trinajstić information content (AvgIpc) is 2.92. The molecule has 0 aliphatic carbocycles. The van der Waals surface area contributed by atoms with E-state index < -0.39 is 0 Å². The number of carbonyl (C=O) groups excluding carboxylic acids is 2. The van der Waals surface area contributed by atoms with Gasteiger partial charge in [0, 0.05) is 57.6 Å². The lowest BCUT2D eigenvalue weighted by Crippen LogP contribution is -2.44. The van der Waals surface area contributed by atoms with E-state index in [-0.39, 0.29) is 18.4 Å². The monoisotopic (exact) mass is 495 g/mol. The highest BCUT2D eigenvalue weighted by Crippen LogP contribution is 2.29. The van der Waals surface area contributed by atoms with Gasteiger partial charge in [0.05, 0.1) is 6.61 Å². The first-order valence-corrected chi connectivity index (χ1v) is 12.9. The van der Waals surface area contributed by atoms with Crippen molar-refractivity contribution in [2.45, 2.75) is 32.7 Å². The second kappa shape index (κ2) is 12.6. The van der Waals surface area contributed by atoms with Crippen LogP contribution in [0.15, 0.2) is 36.5 Å². The van der Waals surface area contributed by atoms with Gasteiger partial charge in [-0.05, 0) is 63.1 Å². The van der Waals surface area contributed by atoms with E-state index in [2.05, 4.69) is 27.1 Å². The summed E-state index contributed by atoms with van der Waals surface area (Å²) in [6.45, 7) is 8.19. The molecule has 1 aromatic carbocycles. The molecule has 4 rings (SSSR count). The summed E-state index contributed by atoms with van der Waals surface area (Å²) < 4.78 is 11.5. The summed E-state index contributed by atoms with van der Waals surface area (Å²) in [6, 6.07) is 9.05. The Hall–Kier alpha value is -3.33. The lowest BCUT2D eigenvalue weighted by atomic mass is 10.1. The van der Waals surface area contributed by atoms with E-state index in [0.717, 1.165) is 63.5 Å². The van der Waals surface area contributed by atoms with Crippen LogP contribution in [-0.4, -0.2) is 86.1 Å². The highest BCUT2D eigenvalue weighted by atomic mass is 16.5. The fourth-order valence-corrected chi connectivity index (χ4v) is 4.44. The van der Waals surface area contributed by atoms with Gasteiger partial charge in [-0.1, -0.05) is 6.07 Å². The Morgan fingerprint density at radius 3 is 2.42 bits per heavy atom. The number of likely N-dealkylation sites (tertiary alicyclic amines) is 1. The quantitative estimate of drug-likeness (QED) is 0.572. The number of ether oxygens (including phenoxy) is 2. The molecule has 0 unspecified atom stereocenters. The van der Waals surface area contributed by atoms with Crippen LogP contribution in [0.3, 0.4) is 0 Å². The Morgan fingerprint density at radius 1 is 0.944 bits per heavy atom. The first-order valence-electron chi connectivity index (χ1n) is 12.9. The molecule has 2 aromatic rings. The molecule has 2 fully saturated rings. The highest BCUT2D eigenvalue weighted by Gasteiger charge is 2.19. The molecule has 0 spiro atoms. The zero-order valence-corrected chi connectivity index (χ0v) is 21.4. The molecular weight excluding hydrogens is 458 g/mol. The molecule has 9 heteroatoms. The smallest absolute Gasteiger partial charge is 0.260 e. The molecule has 9 nitrogen and oxygen atoms in total. The average molecular weight is 496 g/mol. The fraction of sp³-hybridized carbons (Fsp3) is 0.519. The first kappa shape index (κ1) is 25.8. The number of piperidine rings is 1. The van der Waals surface area contributed by atoms with Crippen LogP contribution in [0.1, 0.15) is 42.1 Å². The minimum absolute atomic E-state index is 0.0220. The zero-order valence-electron chi connectivity index (χ0n) is 21.4. The maximum absolute atomic E-state index is 12.8. The van der Waals surface area contributed by atoms with Crippen LogP contribution < -0.4 is 19.7 Å². The first-order chi connectivity index (χ1) is 17.5. The summed E-state index contributed by atoms with van der Waals surface area (Å²) in [4.78, 5) is 36.3. The fourth-order valence-electron chi connectivity index (χ4n) is 4.44. The third kappa shape index (κ3) is 6.87. The van der Waals surface area contributed by atoms with Crippen LogP contribution in [0, 0.1) is 0 Å². The number of anilines is 1. The van der Waals surface area contributed by atoms with Gasteiger partial charge in [-0.3, -0.25) is 9.59 Å². The van der Waals surface area contributed by atoms with Gasteiger partial charge in [-0.25, -0.2) is 4.98 Å². The van der Waals surface area contributed by atoms with Gasteiger partial charge < -0.3 is 29.5 Å². The van der Waals surface area contributed by atoms with Crippen LogP contribution in [0.5, 0.6) is 11.5 Å². The van der Waals surface area contributed by atoms with Crippen LogP contribution in [-0.2, 0) is 11.3 Å². The lowest BCUT2D eigenvalue weighted by molar-refractivity contribution is -0.134. The maximum Gasteiger partial charge on any atom is 0.260 e. The van der Waals surface area contributed by atoms with Gasteiger partial charge in [0.25, 0.3) is 11.8 Å². The number of likely N-dealkylation sites (N-methyl/N-ethyl adjacent to an activating group) is 1. The van der Waals surface area contributed by atoms with Crippen LogP contribution in [0.4, 0.5) is 5.82 Å². The molecule has 3 heterocycles. The molecule has 194 valence electrons. The molecule has 36 heavy (non-hydrogen) atoms. The molecule has 1 N–H and O–H groups in total. The maximum atomic E-state index is 12.8. The van der Waals surface area contributed by atoms with Gasteiger partial charge in [0.2, 0.25) is 0 Å². The number of piperazine rings is 1. The predicted molar refractivity (Wildman–Crippen MR) is 139 cm³/mol. The van der Waals surface area contributed by atoms with Gasteiger partial charge in [-0.15, -0.1) is 0 Å². The Morgan fingerprint density at radius 2 is 1.72 bits per heavy atom. The summed E-state index contributed by atoms with van der Waals surface area (Å²) in [7, 11) is 2.13. The van der Waals surface area contributed by atoms with Crippen LogP contribution >= 0.6 is 0 Å². The third-order valence-corrected chi connectivity index (χ3v) is 6.66. The van der Waals surface area contributed by atoms with E-state index in [9.17, 15) is 9.59 Å². The summed E-state index contributed by atoms with van der Waals surface area (Å²) in [5.74, 6) is 1.65. The number of benzene rings is 1. The van der Waals surface area contributed by atoms with Crippen molar-refractivity contribution < 1.29 is 19.1 Å². The summed E-state index contributed by atoms with van der Waals surface area (Å²) in [6.07, 6.45) is 5.06. The zero-order chi connectivity index (χ0) is 25.3. The highest BCUT2D eigenvalue weighted by molar-refractivity contribution is 5.94. The number of hydrogen-bond acceptors (Lipinski definition) is 7. The second-order valence-corrected chi connectivity index (χ2v) is 9.32. The standard InChI is InChI=1S/C27H37N5O4/c1-3-35-24-17-22(8-9-23(24)36-20-26(33)32-11-5-4-6-12-32)27(34)29-19-21-7-10-25(28-18-21)31-15-13-30(2)14-16-31/h7-10,17-18H,3-6,11-16,19-20H2,1-2H3,(H,29,34). The number of amides is 2. The summed E-state index contributed by atoms with van der Waals surface area (Å²) in [5, 5.41) is 2.95. The molecule has 0 saturated carbocycles. The van der Waals surface area contributed by atoms with Crippen molar-refractivity contribution in [3.63, 3.8) is 0 Å². The van der Waals surface area contributed by atoms with Crippen molar-refractivity contribution in [1.82, 2.24) is 20.1 Å². The molecular formula is C27H37N5O4. The van der Waals surface area contributed by atoms with E-state index in [0.29, 0.717) is 30.2 Å². The van der Waals surface area contributed by atoms with Gasteiger partial charge in [0.1, 0.15) is 5.82 Å². The third-order valence-electron chi connectivity index (χ3n) is 6.66. The van der Waals surface area contributed by atoms with Gasteiger partial charge in [-0.2, -0.15) is 0 Å². The molecule has 2 aliphatic rings. The van der Waals surface area contributed by atoms with E-state index in [1.165, 1.54) is 6.42 Å². The van der Waals surface area contributed by atoms with Crippen molar-refractivity contribution >= 4 is 17.6 Å². The van der Waals surface area contributed by atoms with E-state index in [1.54, 1.807) is 18.2 Å². The largest absolute Gasteiger partial charge is 0.490 e. The topological polar surface area (TPSA) is 87.2 Å². The predicted octanol–water partition coefficient (Wildman–Crippen LogP) is 2.55. The van der Waals surface area contributed by atoms with Crippen molar-refractivity contribution in [1.29, 1.82) is 0 Å². The Balaban J connectivity index is 1.31. The molecule has 0 bridgehead atoms. The Kier molecular flexibility index (Phi) is 9.00. The van der Waals surface area contributed by atoms with E-state index in [1.807, 2.05) is 30.2 Å². The number of nitrogens with one attached hydrogen (secondary N) is 1. The minimum atomic E-state index is -0.213. The van der Waals surface area contributed by atoms with Crippen LogP contribution in [0.25, 0.3) is 0 Å². The van der Waals surface area contributed by atoms with Gasteiger partial charge >= 0.3 is 0 Å². The lowest BCUT2D eigenvalue weighted by Gasteiger charge is -2.33. The van der Waals surface area contributed by atoms with E-state index >= 15 is 0 Å². The van der Waals surface area contributed by atoms with Crippen molar-refractivity contribution in [3.8, 4) is 11.5 Å².